The van der Waals surface area contributed by atoms with Crippen molar-refractivity contribution in [2.24, 2.45) is 5.92 Å². The molecule has 2 aliphatic heterocycles. The Bertz CT molecular complexity index is 335. The van der Waals surface area contributed by atoms with Crippen LogP contribution in [-0.2, 0) is 9.59 Å². The van der Waals surface area contributed by atoms with E-state index in [4.69, 9.17) is 0 Å². The summed E-state index contributed by atoms with van der Waals surface area (Å²) in [5, 5.41) is 3.30. The fourth-order valence-electron chi connectivity index (χ4n) is 2.99. The average Bonchev–Trinajstić information content (AvgIpc) is 2.46. The number of nitrogens with zero attached hydrogens (tertiary/aromatic N) is 2. The minimum atomic E-state index is 0. The van der Waals surface area contributed by atoms with Gasteiger partial charge >= 0.3 is 0 Å². The summed E-state index contributed by atoms with van der Waals surface area (Å²) in [6.07, 6.45) is 4.86. The maximum atomic E-state index is 12.3. The van der Waals surface area contributed by atoms with Crippen LogP contribution in [0.4, 0.5) is 0 Å². The molecule has 0 aliphatic carbocycles. The second kappa shape index (κ2) is 7.84. The van der Waals surface area contributed by atoms with Gasteiger partial charge in [-0.1, -0.05) is 6.42 Å². The number of halogens is 1. The first-order valence-corrected chi connectivity index (χ1v) is 7.33. The fourth-order valence-corrected chi connectivity index (χ4v) is 2.99. The SMILES string of the molecule is CN(C)C(=O)C1CCN(C(=O)C2CCCCN2)CC1.Cl. The summed E-state index contributed by atoms with van der Waals surface area (Å²) in [4.78, 5) is 27.8. The van der Waals surface area contributed by atoms with Gasteiger partial charge in [0.2, 0.25) is 11.8 Å². The highest BCUT2D eigenvalue weighted by Gasteiger charge is 2.31. The number of rotatable bonds is 2. The van der Waals surface area contributed by atoms with E-state index in [1.165, 1.54) is 6.42 Å². The van der Waals surface area contributed by atoms with Crippen molar-refractivity contribution < 1.29 is 9.59 Å². The summed E-state index contributed by atoms with van der Waals surface area (Å²) in [5.41, 5.74) is 0. The molecule has 20 heavy (non-hydrogen) atoms. The highest BCUT2D eigenvalue weighted by Crippen LogP contribution is 2.20. The fraction of sp³-hybridized carbons (Fsp3) is 0.857. The van der Waals surface area contributed by atoms with E-state index >= 15 is 0 Å². The van der Waals surface area contributed by atoms with Crippen LogP contribution in [0.1, 0.15) is 32.1 Å². The Kier molecular flexibility index (Phi) is 6.76. The number of nitrogens with one attached hydrogen (secondary N) is 1. The first-order chi connectivity index (χ1) is 9.09. The van der Waals surface area contributed by atoms with Crippen molar-refractivity contribution in [2.75, 3.05) is 33.7 Å². The molecule has 2 saturated heterocycles. The lowest BCUT2D eigenvalue weighted by atomic mass is 9.94. The van der Waals surface area contributed by atoms with E-state index in [2.05, 4.69) is 5.32 Å². The van der Waals surface area contributed by atoms with E-state index in [0.29, 0.717) is 0 Å². The van der Waals surface area contributed by atoms with E-state index in [1.54, 1.807) is 19.0 Å². The number of hydrogen-bond donors (Lipinski definition) is 1. The lowest BCUT2D eigenvalue weighted by Crippen LogP contribution is -2.51. The minimum absolute atomic E-state index is 0. The van der Waals surface area contributed by atoms with Crippen LogP contribution in [0.15, 0.2) is 0 Å². The Morgan fingerprint density at radius 3 is 2.25 bits per heavy atom. The molecule has 0 spiro atoms. The zero-order valence-electron chi connectivity index (χ0n) is 12.4. The first kappa shape index (κ1) is 17.2. The normalized spacial score (nSPS) is 23.9. The van der Waals surface area contributed by atoms with E-state index < -0.39 is 0 Å². The third kappa shape index (κ3) is 4.09. The molecule has 0 aromatic heterocycles. The van der Waals surface area contributed by atoms with Crippen LogP contribution in [0.3, 0.4) is 0 Å². The summed E-state index contributed by atoms with van der Waals surface area (Å²) < 4.78 is 0. The smallest absolute Gasteiger partial charge is 0.239 e. The van der Waals surface area contributed by atoms with Crippen molar-refractivity contribution in [3.8, 4) is 0 Å². The van der Waals surface area contributed by atoms with Gasteiger partial charge in [-0.05, 0) is 32.2 Å². The predicted octanol–water partition coefficient (Wildman–Crippen LogP) is 0.877. The molecule has 2 aliphatic rings. The molecule has 116 valence electrons. The maximum Gasteiger partial charge on any atom is 0.239 e. The van der Waals surface area contributed by atoms with Gasteiger partial charge in [-0.2, -0.15) is 0 Å². The summed E-state index contributed by atoms with van der Waals surface area (Å²) in [6.45, 7) is 2.40. The number of carbonyl (C=O) groups is 2. The molecule has 1 unspecified atom stereocenters. The van der Waals surface area contributed by atoms with Crippen molar-refractivity contribution in [2.45, 2.75) is 38.1 Å². The van der Waals surface area contributed by atoms with Crippen LogP contribution in [0.2, 0.25) is 0 Å². The lowest BCUT2D eigenvalue weighted by Gasteiger charge is -2.35. The second-order valence-corrected chi connectivity index (χ2v) is 5.83. The number of hydrogen-bond acceptors (Lipinski definition) is 3. The van der Waals surface area contributed by atoms with Crippen molar-refractivity contribution in [1.29, 1.82) is 0 Å². The Labute approximate surface area is 127 Å². The molecule has 2 fully saturated rings. The van der Waals surface area contributed by atoms with Crippen molar-refractivity contribution in [3.05, 3.63) is 0 Å². The Morgan fingerprint density at radius 2 is 1.75 bits per heavy atom. The van der Waals surface area contributed by atoms with Gasteiger partial charge in [0, 0.05) is 33.1 Å². The average molecular weight is 304 g/mol. The lowest BCUT2D eigenvalue weighted by molar-refractivity contribution is -0.140. The molecule has 0 saturated carbocycles. The quantitative estimate of drug-likeness (QED) is 0.824. The molecular weight excluding hydrogens is 278 g/mol. The van der Waals surface area contributed by atoms with Crippen molar-refractivity contribution in [3.63, 3.8) is 0 Å². The van der Waals surface area contributed by atoms with Gasteiger partial charge in [0.1, 0.15) is 0 Å². The Balaban J connectivity index is 0.00000200. The number of carbonyl (C=O) groups excluding carboxylic acids is 2. The zero-order valence-corrected chi connectivity index (χ0v) is 13.2. The van der Waals surface area contributed by atoms with Crippen LogP contribution >= 0.6 is 12.4 Å². The molecule has 0 aromatic rings. The minimum Gasteiger partial charge on any atom is -0.349 e. The van der Waals surface area contributed by atoms with E-state index in [1.807, 2.05) is 4.90 Å². The van der Waals surface area contributed by atoms with Crippen molar-refractivity contribution >= 4 is 24.2 Å². The Hall–Kier alpha value is -0.810. The monoisotopic (exact) mass is 303 g/mol. The molecule has 2 rings (SSSR count). The summed E-state index contributed by atoms with van der Waals surface area (Å²) >= 11 is 0. The van der Waals surface area contributed by atoms with Crippen molar-refractivity contribution in [1.82, 2.24) is 15.1 Å². The highest BCUT2D eigenvalue weighted by atomic mass is 35.5. The molecule has 0 aromatic carbocycles. The van der Waals surface area contributed by atoms with Gasteiger partial charge in [0.15, 0.2) is 0 Å². The van der Waals surface area contributed by atoms with Gasteiger partial charge in [0.05, 0.1) is 6.04 Å². The molecule has 2 heterocycles. The number of amides is 2. The largest absolute Gasteiger partial charge is 0.349 e. The number of likely N-dealkylation sites (tertiary alicyclic amines) is 1. The summed E-state index contributed by atoms with van der Waals surface area (Å²) in [6, 6.07) is 0.00912. The van der Waals surface area contributed by atoms with Crippen LogP contribution in [0, 0.1) is 5.92 Å². The molecular formula is C14H26ClN3O2. The van der Waals surface area contributed by atoms with Gasteiger partial charge in [-0.15, -0.1) is 12.4 Å². The summed E-state index contributed by atoms with van der Waals surface area (Å²) in [5.74, 6) is 0.525. The molecule has 6 heteroatoms. The van der Waals surface area contributed by atoms with Gasteiger partial charge in [-0.3, -0.25) is 9.59 Å². The molecule has 0 radical (unpaired) electrons. The molecule has 5 nitrogen and oxygen atoms in total. The second-order valence-electron chi connectivity index (χ2n) is 5.83. The van der Waals surface area contributed by atoms with E-state index in [0.717, 1.165) is 45.3 Å². The van der Waals surface area contributed by atoms with Gasteiger partial charge in [-0.25, -0.2) is 0 Å². The highest BCUT2D eigenvalue weighted by molar-refractivity contribution is 5.85. The van der Waals surface area contributed by atoms with Gasteiger partial charge < -0.3 is 15.1 Å². The third-order valence-electron chi connectivity index (χ3n) is 4.21. The van der Waals surface area contributed by atoms with Crippen LogP contribution in [0.25, 0.3) is 0 Å². The number of piperidine rings is 2. The maximum absolute atomic E-state index is 12.3. The van der Waals surface area contributed by atoms with Gasteiger partial charge in [0.25, 0.3) is 0 Å². The molecule has 2 amide bonds. The summed E-state index contributed by atoms with van der Waals surface area (Å²) in [7, 11) is 3.59. The zero-order chi connectivity index (χ0) is 13.8. The van der Waals surface area contributed by atoms with Crippen LogP contribution in [-0.4, -0.2) is 61.4 Å². The van der Waals surface area contributed by atoms with E-state index in [-0.39, 0.29) is 36.2 Å². The molecule has 0 bridgehead atoms. The van der Waals surface area contributed by atoms with Crippen LogP contribution in [0.5, 0.6) is 0 Å². The standard InChI is InChI=1S/C14H25N3O2.ClH/c1-16(2)13(18)11-6-9-17(10-7-11)14(19)12-5-3-4-8-15-12;/h11-12,15H,3-10H2,1-2H3;1H. The molecule has 1 N–H and O–H groups in total. The Morgan fingerprint density at radius 1 is 1.10 bits per heavy atom. The molecule has 1 atom stereocenters. The van der Waals surface area contributed by atoms with E-state index in [9.17, 15) is 9.59 Å². The topological polar surface area (TPSA) is 52.7 Å². The first-order valence-electron chi connectivity index (χ1n) is 7.33. The van der Waals surface area contributed by atoms with Crippen LogP contribution < -0.4 is 5.32 Å². The third-order valence-corrected chi connectivity index (χ3v) is 4.21. The predicted molar refractivity (Wildman–Crippen MR) is 80.9 cm³/mol.